The summed E-state index contributed by atoms with van der Waals surface area (Å²) in [7, 11) is 0. The topological polar surface area (TPSA) is 12.5 Å². The van der Waals surface area contributed by atoms with Gasteiger partial charge in [0.1, 0.15) is 0 Å². The van der Waals surface area contributed by atoms with Crippen molar-refractivity contribution in [3.8, 4) is 0 Å². The Hall–Kier alpha value is 0.210. The first-order chi connectivity index (χ1) is 6.14. The molecule has 0 N–H and O–H groups in total. The molecule has 1 saturated heterocycles. The van der Waals surface area contributed by atoms with Gasteiger partial charge < -0.3 is 9.64 Å². The molecule has 0 aliphatic carbocycles. The summed E-state index contributed by atoms with van der Waals surface area (Å²) in [6, 6.07) is 0. The summed E-state index contributed by atoms with van der Waals surface area (Å²) in [5, 5.41) is 0. The predicted octanol–water partition coefficient (Wildman–Crippen LogP) is 2.12. The standard InChI is InChI=1S/C10H20ClNO/c1-10(2)9-12(6-3-5-11)7-4-8-13-10/h3-9H2,1-2H3. The molecule has 0 saturated carbocycles. The van der Waals surface area contributed by atoms with E-state index in [1.54, 1.807) is 0 Å². The molecule has 1 heterocycles. The van der Waals surface area contributed by atoms with Crippen LogP contribution in [0, 0.1) is 0 Å². The minimum absolute atomic E-state index is 0.0167. The first-order valence-corrected chi connectivity index (χ1v) is 5.60. The SMILES string of the molecule is CC1(C)CN(CCCCl)CCCO1. The van der Waals surface area contributed by atoms with Gasteiger partial charge in [-0.2, -0.15) is 0 Å². The molecule has 0 unspecified atom stereocenters. The molecule has 0 bridgehead atoms. The second-order valence-electron chi connectivity index (χ2n) is 4.28. The normalized spacial score (nSPS) is 24.2. The van der Waals surface area contributed by atoms with Crippen LogP contribution in [-0.4, -0.2) is 42.6 Å². The van der Waals surface area contributed by atoms with Crippen molar-refractivity contribution in [2.75, 3.05) is 32.1 Å². The Bertz CT molecular complexity index is 150. The lowest BCUT2D eigenvalue weighted by Crippen LogP contribution is -2.38. The molecule has 0 spiro atoms. The van der Waals surface area contributed by atoms with Crippen LogP contribution in [0.15, 0.2) is 0 Å². The van der Waals surface area contributed by atoms with Crippen LogP contribution in [0.4, 0.5) is 0 Å². The molecule has 0 aromatic heterocycles. The maximum absolute atomic E-state index is 5.73. The van der Waals surface area contributed by atoms with E-state index >= 15 is 0 Å². The van der Waals surface area contributed by atoms with Gasteiger partial charge >= 0.3 is 0 Å². The molecule has 78 valence electrons. The van der Waals surface area contributed by atoms with E-state index in [4.69, 9.17) is 16.3 Å². The molecule has 0 radical (unpaired) electrons. The van der Waals surface area contributed by atoms with Crippen LogP contribution in [0.1, 0.15) is 26.7 Å². The van der Waals surface area contributed by atoms with Crippen LogP contribution >= 0.6 is 11.6 Å². The number of ether oxygens (including phenoxy) is 1. The lowest BCUT2D eigenvalue weighted by atomic mass is 10.1. The van der Waals surface area contributed by atoms with E-state index in [0.717, 1.165) is 45.0 Å². The highest BCUT2D eigenvalue weighted by Gasteiger charge is 2.24. The third-order valence-corrected chi connectivity index (χ3v) is 2.59. The number of hydrogen-bond acceptors (Lipinski definition) is 2. The smallest absolute Gasteiger partial charge is 0.0752 e. The van der Waals surface area contributed by atoms with Crippen molar-refractivity contribution in [3.63, 3.8) is 0 Å². The van der Waals surface area contributed by atoms with Crippen molar-refractivity contribution in [2.45, 2.75) is 32.3 Å². The maximum atomic E-state index is 5.73. The van der Waals surface area contributed by atoms with Crippen molar-refractivity contribution in [1.29, 1.82) is 0 Å². The van der Waals surface area contributed by atoms with Crippen molar-refractivity contribution in [3.05, 3.63) is 0 Å². The molecule has 1 aliphatic rings. The molecule has 0 aromatic rings. The molecule has 0 aromatic carbocycles. The second-order valence-corrected chi connectivity index (χ2v) is 4.66. The van der Waals surface area contributed by atoms with Gasteiger partial charge in [-0.3, -0.25) is 0 Å². The van der Waals surface area contributed by atoms with Gasteiger partial charge in [-0.05, 0) is 33.2 Å². The van der Waals surface area contributed by atoms with E-state index in [0.29, 0.717) is 0 Å². The Morgan fingerprint density at radius 2 is 2.23 bits per heavy atom. The highest BCUT2D eigenvalue weighted by molar-refractivity contribution is 6.17. The van der Waals surface area contributed by atoms with E-state index in [1.165, 1.54) is 0 Å². The number of alkyl halides is 1. The van der Waals surface area contributed by atoms with Crippen LogP contribution in [0.5, 0.6) is 0 Å². The zero-order valence-electron chi connectivity index (χ0n) is 8.68. The summed E-state index contributed by atoms with van der Waals surface area (Å²) in [6.07, 6.45) is 2.23. The number of rotatable bonds is 3. The molecule has 3 heteroatoms. The molecular formula is C10H20ClNO. The van der Waals surface area contributed by atoms with Crippen LogP contribution < -0.4 is 0 Å². The van der Waals surface area contributed by atoms with Gasteiger partial charge in [0, 0.05) is 25.6 Å². The Balaban J connectivity index is 2.36. The highest BCUT2D eigenvalue weighted by atomic mass is 35.5. The van der Waals surface area contributed by atoms with Crippen molar-refractivity contribution >= 4 is 11.6 Å². The van der Waals surface area contributed by atoms with Crippen LogP contribution in [0.2, 0.25) is 0 Å². The fourth-order valence-electron chi connectivity index (χ4n) is 1.77. The largest absolute Gasteiger partial charge is 0.374 e. The number of hydrogen-bond donors (Lipinski definition) is 0. The Morgan fingerprint density at radius 1 is 1.46 bits per heavy atom. The van der Waals surface area contributed by atoms with Gasteiger partial charge in [-0.1, -0.05) is 0 Å². The van der Waals surface area contributed by atoms with E-state index in [2.05, 4.69) is 18.7 Å². The zero-order chi connectivity index (χ0) is 9.73. The van der Waals surface area contributed by atoms with Crippen molar-refractivity contribution in [1.82, 2.24) is 4.90 Å². The Morgan fingerprint density at radius 3 is 2.92 bits per heavy atom. The number of halogens is 1. The third-order valence-electron chi connectivity index (χ3n) is 2.32. The predicted molar refractivity (Wildman–Crippen MR) is 56.4 cm³/mol. The lowest BCUT2D eigenvalue weighted by Gasteiger charge is -2.28. The molecular weight excluding hydrogens is 186 g/mol. The molecule has 0 amide bonds. The van der Waals surface area contributed by atoms with Crippen molar-refractivity contribution < 1.29 is 4.74 Å². The van der Waals surface area contributed by atoms with E-state index < -0.39 is 0 Å². The molecule has 1 aliphatic heterocycles. The molecule has 1 fully saturated rings. The average Bonchev–Trinajstić information content (AvgIpc) is 2.22. The first-order valence-electron chi connectivity index (χ1n) is 5.06. The third kappa shape index (κ3) is 4.30. The molecule has 0 atom stereocenters. The lowest BCUT2D eigenvalue weighted by molar-refractivity contribution is -0.0171. The van der Waals surface area contributed by atoms with E-state index in [1.807, 2.05) is 0 Å². The van der Waals surface area contributed by atoms with Gasteiger partial charge in [0.25, 0.3) is 0 Å². The number of nitrogens with zero attached hydrogens (tertiary/aromatic N) is 1. The van der Waals surface area contributed by atoms with Crippen LogP contribution in [0.3, 0.4) is 0 Å². The highest BCUT2D eigenvalue weighted by Crippen LogP contribution is 2.16. The second kappa shape index (κ2) is 5.18. The fraction of sp³-hybridized carbons (Fsp3) is 1.00. The first kappa shape index (κ1) is 11.3. The summed E-state index contributed by atoms with van der Waals surface area (Å²) in [6.45, 7) is 8.50. The summed E-state index contributed by atoms with van der Waals surface area (Å²) in [5.74, 6) is 0.762. The average molecular weight is 206 g/mol. The molecule has 13 heavy (non-hydrogen) atoms. The van der Waals surface area contributed by atoms with Crippen LogP contribution in [-0.2, 0) is 4.74 Å². The van der Waals surface area contributed by atoms with Gasteiger partial charge in [0.05, 0.1) is 5.60 Å². The minimum Gasteiger partial charge on any atom is -0.374 e. The summed E-state index contributed by atoms with van der Waals surface area (Å²) >= 11 is 5.67. The Kier molecular flexibility index (Phi) is 4.50. The zero-order valence-corrected chi connectivity index (χ0v) is 9.44. The van der Waals surface area contributed by atoms with E-state index in [9.17, 15) is 0 Å². The molecule has 1 rings (SSSR count). The monoisotopic (exact) mass is 205 g/mol. The maximum Gasteiger partial charge on any atom is 0.0752 e. The summed E-state index contributed by atoms with van der Waals surface area (Å²) in [4.78, 5) is 2.45. The van der Waals surface area contributed by atoms with Gasteiger partial charge in [-0.25, -0.2) is 0 Å². The molecule has 2 nitrogen and oxygen atoms in total. The van der Waals surface area contributed by atoms with E-state index in [-0.39, 0.29) is 5.60 Å². The Labute approximate surface area is 86.2 Å². The fourth-order valence-corrected chi connectivity index (χ4v) is 1.89. The van der Waals surface area contributed by atoms with Gasteiger partial charge in [-0.15, -0.1) is 11.6 Å². The summed E-state index contributed by atoms with van der Waals surface area (Å²) < 4.78 is 5.73. The van der Waals surface area contributed by atoms with Crippen LogP contribution in [0.25, 0.3) is 0 Å². The van der Waals surface area contributed by atoms with Gasteiger partial charge in [0.2, 0.25) is 0 Å². The minimum atomic E-state index is 0.0167. The quantitative estimate of drug-likeness (QED) is 0.655. The van der Waals surface area contributed by atoms with Crippen molar-refractivity contribution in [2.24, 2.45) is 0 Å². The van der Waals surface area contributed by atoms with Gasteiger partial charge in [0.15, 0.2) is 0 Å². The summed E-state index contributed by atoms with van der Waals surface area (Å²) in [5.41, 5.74) is 0.0167.